The SMILES string of the molecule is CC(C)C1N(S(=O)(=O)Cc2cccc(C#N)c2)CC12CCCC2. The van der Waals surface area contributed by atoms with Gasteiger partial charge in [-0.3, -0.25) is 0 Å². The van der Waals surface area contributed by atoms with E-state index in [-0.39, 0.29) is 17.2 Å². The summed E-state index contributed by atoms with van der Waals surface area (Å²) >= 11 is 0. The summed E-state index contributed by atoms with van der Waals surface area (Å²) in [5, 5.41) is 8.97. The van der Waals surface area contributed by atoms with Crippen LogP contribution >= 0.6 is 0 Å². The van der Waals surface area contributed by atoms with Gasteiger partial charge in [0.1, 0.15) is 0 Å². The number of nitrogens with zero attached hydrogens (tertiary/aromatic N) is 2. The van der Waals surface area contributed by atoms with E-state index in [9.17, 15) is 8.42 Å². The molecule has 0 aromatic heterocycles. The highest BCUT2D eigenvalue weighted by molar-refractivity contribution is 7.88. The van der Waals surface area contributed by atoms with Gasteiger partial charge in [-0.25, -0.2) is 8.42 Å². The minimum atomic E-state index is -3.34. The van der Waals surface area contributed by atoms with Gasteiger partial charge in [0.25, 0.3) is 0 Å². The lowest BCUT2D eigenvalue weighted by Crippen LogP contribution is -2.67. The van der Waals surface area contributed by atoms with Crippen LogP contribution in [0.4, 0.5) is 0 Å². The van der Waals surface area contributed by atoms with E-state index < -0.39 is 10.0 Å². The van der Waals surface area contributed by atoms with Crippen molar-refractivity contribution in [1.82, 2.24) is 4.31 Å². The van der Waals surface area contributed by atoms with E-state index in [1.54, 1.807) is 28.6 Å². The predicted octanol–water partition coefficient (Wildman–Crippen LogP) is 3.29. The van der Waals surface area contributed by atoms with Gasteiger partial charge in [0.15, 0.2) is 0 Å². The summed E-state index contributed by atoms with van der Waals surface area (Å²) < 4.78 is 27.5. The van der Waals surface area contributed by atoms with Gasteiger partial charge in [-0.15, -0.1) is 0 Å². The normalized spacial score (nSPS) is 23.8. The smallest absolute Gasteiger partial charge is 0.212 e. The first-order valence-corrected chi connectivity index (χ1v) is 9.97. The van der Waals surface area contributed by atoms with Crippen LogP contribution in [0.15, 0.2) is 24.3 Å². The summed E-state index contributed by atoms with van der Waals surface area (Å²) in [6, 6.07) is 9.11. The first kappa shape index (κ1) is 16.5. The Morgan fingerprint density at radius 1 is 1.35 bits per heavy atom. The fourth-order valence-corrected chi connectivity index (χ4v) is 6.60. The lowest BCUT2D eigenvalue weighted by Gasteiger charge is -2.57. The Kier molecular flexibility index (Phi) is 4.24. The molecule has 2 aliphatic rings. The Morgan fingerprint density at radius 2 is 2.04 bits per heavy atom. The summed E-state index contributed by atoms with van der Waals surface area (Å²) in [6.45, 7) is 4.93. The van der Waals surface area contributed by atoms with E-state index in [0.717, 1.165) is 12.8 Å². The highest BCUT2D eigenvalue weighted by Crippen LogP contribution is 2.54. The molecule has 1 spiro atoms. The van der Waals surface area contributed by atoms with E-state index in [4.69, 9.17) is 5.26 Å². The van der Waals surface area contributed by atoms with Crippen LogP contribution in [0.25, 0.3) is 0 Å². The molecule has 1 heterocycles. The molecule has 2 fully saturated rings. The van der Waals surface area contributed by atoms with Gasteiger partial charge in [-0.05, 0) is 36.5 Å². The number of sulfonamides is 1. The van der Waals surface area contributed by atoms with Crippen molar-refractivity contribution in [3.63, 3.8) is 0 Å². The van der Waals surface area contributed by atoms with E-state index in [0.29, 0.717) is 23.6 Å². The van der Waals surface area contributed by atoms with Crippen LogP contribution in [-0.2, 0) is 15.8 Å². The van der Waals surface area contributed by atoms with Gasteiger partial charge in [0.05, 0.1) is 17.4 Å². The highest BCUT2D eigenvalue weighted by Gasteiger charge is 2.58. The lowest BCUT2D eigenvalue weighted by atomic mass is 9.68. The van der Waals surface area contributed by atoms with Crippen molar-refractivity contribution in [2.24, 2.45) is 11.3 Å². The van der Waals surface area contributed by atoms with Gasteiger partial charge >= 0.3 is 0 Å². The number of rotatable bonds is 4. The minimum Gasteiger partial charge on any atom is -0.212 e. The van der Waals surface area contributed by atoms with Crippen LogP contribution in [0.2, 0.25) is 0 Å². The number of hydrogen-bond acceptors (Lipinski definition) is 3. The molecular formula is C18H24N2O2S. The number of benzene rings is 1. The van der Waals surface area contributed by atoms with Gasteiger partial charge in [0.2, 0.25) is 10.0 Å². The number of nitriles is 1. The third-order valence-electron chi connectivity index (χ3n) is 5.40. The van der Waals surface area contributed by atoms with Gasteiger partial charge < -0.3 is 0 Å². The van der Waals surface area contributed by atoms with Crippen molar-refractivity contribution < 1.29 is 8.42 Å². The van der Waals surface area contributed by atoms with Crippen molar-refractivity contribution >= 4 is 10.0 Å². The van der Waals surface area contributed by atoms with Crippen LogP contribution in [0.5, 0.6) is 0 Å². The molecule has 3 rings (SSSR count). The molecule has 5 heteroatoms. The quantitative estimate of drug-likeness (QED) is 0.850. The van der Waals surface area contributed by atoms with Crippen LogP contribution in [-0.4, -0.2) is 25.3 Å². The van der Waals surface area contributed by atoms with Crippen LogP contribution < -0.4 is 0 Å². The largest absolute Gasteiger partial charge is 0.218 e. The Hall–Kier alpha value is -1.38. The Balaban J connectivity index is 1.81. The Labute approximate surface area is 139 Å². The summed E-state index contributed by atoms with van der Waals surface area (Å²) in [5.41, 5.74) is 1.42. The molecule has 0 radical (unpaired) electrons. The molecule has 4 nitrogen and oxygen atoms in total. The van der Waals surface area contributed by atoms with Gasteiger partial charge in [-0.1, -0.05) is 38.8 Å². The maximum absolute atomic E-state index is 12.9. The molecule has 0 bridgehead atoms. The zero-order chi connectivity index (χ0) is 16.7. The van der Waals surface area contributed by atoms with E-state index >= 15 is 0 Å². The van der Waals surface area contributed by atoms with Crippen molar-refractivity contribution in [3.05, 3.63) is 35.4 Å². The molecule has 1 atom stereocenters. The summed E-state index contributed by atoms with van der Waals surface area (Å²) in [6.07, 6.45) is 4.76. The standard InChI is InChI=1S/C18H24N2O2S/c1-14(2)17-18(8-3-4-9-18)13-20(17)23(21,22)12-16-7-5-6-15(10-16)11-19/h5-7,10,14,17H,3-4,8-9,12-13H2,1-2H3. The Morgan fingerprint density at radius 3 is 2.65 bits per heavy atom. The average Bonchev–Trinajstić information content (AvgIpc) is 2.95. The van der Waals surface area contributed by atoms with Crippen molar-refractivity contribution in [3.8, 4) is 6.07 Å². The third-order valence-corrected chi connectivity index (χ3v) is 7.17. The van der Waals surface area contributed by atoms with Crippen LogP contribution in [0.3, 0.4) is 0 Å². The maximum Gasteiger partial charge on any atom is 0.218 e. The molecule has 1 unspecified atom stereocenters. The van der Waals surface area contributed by atoms with Crippen molar-refractivity contribution in [1.29, 1.82) is 5.26 Å². The zero-order valence-electron chi connectivity index (χ0n) is 13.8. The molecule has 1 aromatic rings. The third kappa shape index (κ3) is 2.90. The first-order chi connectivity index (χ1) is 10.9. The summed E-state index contributed by atoms with van der Waals surface area (Å²) in [5.74, 6) is 0.323. The topological polar surface area (TPSA) is 61.2 Å². The second-order valence-electron chi connectivity index (χ2n) is 7.37. The fraction of sp³-hybridized carbons (Fsp3) is 0.611. The van der Waals surface area contributed by atoms with Crippen LogP contribution in [0.1, 0.15) is 50.7 Å². The van der Waals surface area contributed by atoms with Gasteiger partial charge in [-0.2, -0.15) is 9.57 Å². The molecule has 1 aromatic carbocycles. The molecule has 23 heavy (non-hydrogen) atoms. The average molecular weight is 332 g/mol. The Bertz CT molecular complexity index is 728. The molecule has 0 amide bonds. The fourth-order valence-electron chi connectivity index (χ4n) is 4.56. The van der Waals surface area contributed by atoms with E-state index in [2.05, 4.69) is 19.9 Å². The molecule has 1 saturated carbocycles. The van der Waals surface area contributed by atoms with Crippen molar-refractivity contribution in [2.45, 2.75) is 51.3 Å². The molecule has 1 aliphatic heterocycles. The second kappa shape index (κ2) is 5.92. The molecular weight excluding hydrogens is 308 g/mol. The lowest BCUT2D eigenvalue weighted by molar-refractivity contribution is -0.0339. The minimum absolute atomic E-state index is 0.0121. The van der Waals surface area contributed by atoms with E-state index in [1.807, 2.05) is 0 Å². The first-order valence-electron chi connectivity index (χ1n) is 8.36. The predicted molar refractivity (Wildman–Crippen MR) is 90.0 cm³/mol. The maximum atomic E-state index is 12.9. The van der Waals surface area contributed by atoms with Gasteiger partial charge in [0, 0.05) is 18.0 Å². The zero-order valence-corrected chi connectivity index (χ0v) is 14.6. The number of hydrogen-bond donors (Lipinski definition) is 0. The highest BCUT2D eigenvalue weighted by atomic mass is 32.2. The summed E-state index contributed by atoms with van der Waals surface area (Å²) in [4.78, 5) is 0. The molecule has 0 N–H and O–H groups in total. The molecule has 1 saturated heterocycles. The van der Waals surface area contributed by atoms with E-state index in [1.165, 1.54) is 12.8 Å². The van der Waals surface area contributed by atoms with Crippen LogP contribution in [0, 0.1) is 22.7 Å². The van der Waals surface area contributed by atoms with Crippen molar-refractivity contribution in [2.75, 3.05) is 6.54 Å². The molecule has 1 aliphatic carbocycles. The monoisotopic (exact) mass is 332 g/mol. The molecule has 124 valence electrons. The summed E-state index contributed by atoms with van der Waals surface area (Å²) in [7, 11) is -3.34. The second-order valence-corrected chi connectivity index (χ2v) is 9.29.